The Kier molecular flexibility index (Phi) is 3.97. The number of hydrogen-bond donors (Lipinski definition) is 1. The molecule has 0 aliphatic rings. The zero-order chi connectivity index (χ0) is 11.6. The van der Waals surface area contributed by atoms with Gasteiger partial charge in [0.2, 0.25) is 0 Å². The minimum atomic E-state index is -0.918. The molecule has 0 radical (unpaired) electrons. The lowest BCUT2D eigenvalue weighted by atomic mass is 10.1. The first-order valence-electron chi connectivity index (χ1n) is 4.27. The molecule has 1 rings (SSSR count). The van der Waals surface area contributed by atoms with Crippen LogP contribution in [0.1, 0.15) is 11.6 Å². The number of hydrogen-bond acceptors (Lipinski definition) is 2. The number of halogens is 2. The summed E-state index contributed by atoms with van der Waals surface area (Å²) < 4.78 is 0. The number of likely N-dealkylation sites (N-methyl/N-ethyl adjacent to an activating group) is 1. The number of aliphatic carboxylic acids is 1. The summed E-state index contributed by atoms with van der Waals surface area (Å²) in [4.78, 5) is 12.6. The fourth-order valence-corrected chi connectivity index (χ4v) is 1.65. The summed E-state index contributed by atoms with van der Waals surface area (Å²) in [5, 5.41) is 9.82. The number of carboxylic acid groups (broad SMARTS) is 1. The number of benzene rings is 1. The van der Waals surface area contributed by atoms with Crippen LogP contribution in [0.5, 0.6) is 0 Å². The molecule has 0 aliphatic heterocycles. The smallest absolute Gasteiger partial charge is 0.325 e. The van der Waals surface area contributed by atoms with Crippen LogP contribution >= 0.6 is 23.2 Å². The molecule has 0 aromatic heterocycles. The molecule has 1 N–H and O–H groups in total. The van der Waals surface area contributed by atoms with Crippen LogP contribution in [0, 0.1) is 0 Å². The van der Waals surface area contributed by atoms with E-state index in [0.717, 1.165) is 0 Å². The third-order valence-corrected chi connectivity index (χ3v) is 2.75. The average molecular weight is 248 g/mol. The van der Waals surface area contributed by atoms with E-state index in [2.05, 4.69) is 0 Å². The first kappa shape index (κ1) is 12.3. The Morgan fingerprint density at radius 2 is 1.93 bits per heavy atom. The summed E-state index contributed by atoms with van der Waals surface area (Å²) in [7, 11) is 3.39. The standard InChI is InChI=1S/C10H11Cl2NO2/c1-13(2)9(10(14)15)6-3-4-7(11)8(12)5-6/h3-5,9H,1-2H3,(H,14,15). The van der Waals surface area contributed by atoms with E-state index in [1.54, 1.807) is 37.2 Å². The highest BCUT2D eigenvalue weighted by Crippen LogP contribution is 2.27. The van der Waals surface area contributed by atoms with Crippen molar-refractivity contribution in [3.05, 3.63) is 33.8 Å². The summed E-state index contributed by atoms with van der Waals surface area (Å²) in [6, 6.07) is 4.12. The van der Waals surface area contributed by atoms with Gasteiger partial charge in [0.15, 0.2) is 0 Å². The average Bonchev–Trinajstić information content (AvgIpc) is 2.10. The van der Waals surface area contributed by atoms with Crippen molar-refractivity contribution in [2.24, 2.45) is 0 Å². The highest BCUT2D eigenvalue weighted by Gasteiger charge is 2.22. The van der Waals surface area contributed by atoms with E-state index >= 15 is 0 Å². The second-order valence-corrected chi connectivity index (χ2v) is 4.19. The van der Waals surface area contributed by atoms with Crippen molar-refractivity contribution in [3.8, 4) is 0 Å². The normalized spacial score (nSPS) is 12.9. The SMILES string of the molecule is CN(C)C(C(=O)O)c1ccc(Cl)c(Cl)c1. The van der Waals surface area contributed by atoms with Crippen LogP contribution in [-0.2, 0) is 4.79 Å². The Bertz CT molecular complexity index is 380. The first-order valence-corrected chi connectivity index (χ1v) is 5.03. The summed E-state index contributed by atoms with van der Waals surface area (Å²) in [5.74, 6) is -0.918. The van der Waals surface area contributed by atoms with Crippen molar-refractivity contribution in [1.82, 2.24) is 4.90 Å². The van der Waals surface area contributed by atoms with Gasteiger partial charge in [0.1, 0.15) is 6.04 Å². The molecule has 0 fully saturated rings. The summed E-state index contributed by atoms with van der Waals surface area (Å²) in [6.45, 7) is 0. The number of nitrogens with zero attached hydrogens (tertiary/aromatic N) is 1. The molecule has 1 aromatic carbocycles. The summed E-state index contributed by atoms with van der Waals surface area (Å²) in [6.07, 6.45) is 0. The maximum atomic E-state index is 11.0. The molecule has 15 heavy (non-hydrogen) atoms. The molecule has 1 atom stereocenters. The van der Waals surface area contributed by atoms with Gasteiger partial charge >= 0.3 is 5.97 Å². The van der Waals surface area contributed by atoms with Crippen molar-refractivity contribution >= 4 is 29.2 Å². The number of carbonyl (C=O) groups is 1. The van der Waals surface area contributed by atoms with Crippen molar-refractivity contribution in [3.63, 3.8) is 0 Å². The van der Waals surface area contributed by atoms with Crippen molar-refractivity contribution < 1.29 is 9.90 Å². The van der Waals surface area contributed by atoms with Gasteiger partial charge in [0.05, 0.1) is 10.0 Å². The summed E-state index contributed by atoms with van der Waals surface area (Å²) in [5.41, 5.74) is 0.613. The van der Waals surface area contributed by atoms with Crippen LogP contribution in [0.3, 0.4) is 0 Å². The van der Waals surface area contributed by atoms with Crippen molar-refractivity contribution in [2.75, 3.05) is 14.1 Å². The molecule has 0 heterocycles. The quantitative estimate of drug-likeness (QED) is 0.893. The minimum absolute atomic E-state index is 0.363. The Morgan fingerprint density at radius 3 is 2.33 bits per heavy atom. The molecule has 0 aliphatic carbocycles. The lowest BCUT2D eigenvalue weighted by molar-refractivity contribution is -0.142. The predicted molar refractivity (Wildman–Crippen MR) is 60.5 cm³/mol. The van der Waals surface area contributed by atoms with Crippen LogP contribution in [0.15, 0.2) is 18.2 Å². The van der Waals surface area contributed by atoms with Crippen molar-refractivity contribution in [1.29, 1.82) is 0 Å². The van der Waals surface area contributed by atoms with E-state index < -0.39 is 12.0 Å². The third-order valence-electron chi connectivity index (χ3n) is 2.01. The minimum Gasteiger partial charge on any atom is -0.480 e. The Morgan fingerprint density at radius 1 is 1.33 bits per heavy atom. The van der Waals surface area contributed by atoms with Gasteiger partial charge in [-0.05, 0) is 31.8 Å². The predicted octanol–water partition coefficient (Wildman–Crippen LogP) is 2.68. The molecule has 0 amide bonds. The van der Waals surface area contributed by atoms with E-state index in [9.17, 15) is 4.79 Å². The zero-order valence-electron chi connectivity index (χ0n) is 8.37. The second-order valence-electron chi connectivity index (χ2n) is 3.38. The number of rotatable bonds is 3. The number of carboxylic acids is 1. The highest BCUT2D eigenvalue weighted by molar-refractivity contribution is 6.42. The van der Waals surface area contributed by atoms with E-state index in [4.69, 9.17) is 28.3 Å². The highest BCUT2D eigenvalue weighted by atomic mass is 35.5. The molecular formula is C10H11Cl2NO2. The van der Waals surface area contributed by atoms with Gasteiger partial charge in [0.25, 0.3) is 0 Å². The van der Waals surface area contributed by atoms with E-state index in [0.29, 0.717) is 15.6 Å². The topological polar surface area (TPSA) is 40.5 Å². The van der Waals surface area contributed by atoms with Crippen LogP contribution in [0.4, 0.5) is 0 Å². The molecule has 0 saturated carbocycles. The van der Waals surface area contributed by atoms with Gasteiger partial charge in [-0.25, -0.2) is 0 Å². The van der Waals surface area contributed by atoms with E-state index in [1.807, 2.05) is 0 Å². The maximum Gasteiger partial charge on any atom is 0.325 e. The fourth-order valence-electron chi connectivity index (χ4n) is 1.34. The lowest BCUT2D eigenvalue weighted by Gasteiger charge is -2.20. The van der Waals surface area contributed by atoms with Crippen LogP contribution in [0.25, 0.3) is 0 Å². The molecule has 5 heteroatoms. The van der Waals surface area contributed by atoms with Crippen molar-refractivity contribution in [2.45, 2.75) is 6.04 Å². The van der Waals surface area contributed by atoms with E-state index in [-0.39, 0.29) is 0 Å². The molecule has 82 valence electrons. The monoisotopic (exact) mass is 247 g/mol. The van der Waals surface area contributed by atoms with Gasteiger partial charge in [-0.15, -0.1) is 0 Å². The van der Waals surface area contributed by atoms with Crippen LogP contribution < -0.4 is 0 Å². The van der Waals surface area contributed by atoms with Crippen LogP contribution in [-0.4, -0.2) is 30.1 Å². The maximum absolute atomic E-state index is 11.0. The van der Waals surface area contributed by atoms with Gasteiger partial charge in [-0.2, -0.15) is 0 Å². The molecule has 0 saturated heterocycles. The molecule has 1 aromatic rings. The first-order chi connectivity index (χ1) is 6.93. The second kappa shape index (κ2) is 4.84. The van der Waals surface area contributed by atoms with Gasteiger partial charge in [-0.1, -0.05) is 29.3 Å². The molecular weight excluding hydrogens is 237 g/mol. The van der Waals surface area contributed by atoms with Gasteiger partial charge in [-0.3, -0.25) is 9.69 Å². The van der Waals surface area contributed by atoms with Crippen LogP contribution in [0.2, 0.25) is 10.0 Å². The van der Waals surface area contributed by atoms with Gasteiger partial charge < -0.3 is 5.11 Å². The molecule has 0 spiro atoms. The largest absolute Gasteiger partial charge is 0.480 e. The zero-order valence-corrected chi connectivity index (χ0v) is 9.88. The molecule has 0 bridgehead atoms. The Labute approximate surface area is 98.2 Å². The van der Waals surface area contributed by atoms with E-state index in [1.165, 1.54) is 0 Å². The molecule has 3 nitrogen and oxygen atoms in total. The third kappa shape index (κ3) is 2.84. The lowest BCUT2D eigenvalue weighted by Crippen LogP contribution is -2.27. The summed E-state index contributed by atoms with van der Waals surface area (Å²) >= 11 is 11.6. The Hall–Kier alpha value is -0.770. The van der Waals surface area contributed by atoms with Gasteiger partial charge in [0, 0.05) is 0 Å². The fraction of sp³-hybridized carbons (Fsp3) is 0.300. The molecule has 1 unspecified atom stereocenters. The Balaban J connectivity index is 3.12.